The molecule has 0 aromatic heterocycles. The molecule has 0 saturated heterocycles. The van der Waals surface area contributed by atoms with E-state index in [9.17, 15) is 9.59 Å². The van der Waals surface area contributed by atoms with Gasteiger partial charge in [-0.15, -0.1) is 0 Å². The van der Waals surface area contributed by atoms with Gasteiger partial charge in [-0.25, -0.2) is 9.78 Å². The molecule has 0 saturated carbocycles. The lowest BCUT2D eigenvalue weighted by molar-refractivity contribution is 0.193. The van der Waals surface area contributed by atoms with Crippen LogP contribution in [0.4, 0.5) is 0 Å². The first-order valence-electron chi connectivity index (χ1n) is 11.1. The van der Waals surface area contributed by atoms with Crippen LogP contribution in [-0.4, -0.2) is 33.2 Å². The average molecular weight is 467 g/mol. The smallest absolute Gasteiger partial charge is 0.349 e. The van der Waals surface area contributed by atoms with Gasteiger partial charge in [0.2, 0.25) is 0 Å². The molecular formula is C25H27ClN4O3. The first-order valence-corrected chi connectivity index (χ1v) is 11.5. The number of benzene rings is 2. The number of aromatic nitrogens is 4. The second kappa shape index (κ2) is 10.3. The maximum atomic E-state index is 12.5. The van der Waals surface area contributed by atoms with Crippen LogP contribution in [0, 0.1) is 6.92 Å². The minimum Gasteiger partial charge on any atom is -0.385 e. The van der Waals surface area contributed by atoms with Gasteiger partial charge in [0.05, 0.1) is 11.0 Å². The Morgan fingerprint density at radius 2 is 1.82 bits per heavy atom. The topological polar surface area (TPSA) is 89.9 Å². The Labute approximate surface area is 196 Å². The lowest BCUT2D eigenvalue weighted by atomic mass is 10.0. The third-order valence-corrected chi connectivity index (χ3v) is 6.12. The van der Waals surface area contributed by atoms with Gasteiger partial charge < -0.3 is 9.30 Å². The van der Waals surface area contributed by atoms with Crippen molar-refractivity contribution in [2.24, 2.45) is 0 Å². The zero-order chi connectivity index (χ0) is 23.4. The van der Waals surface area contributed by atoms with E-state index in [2.05, 4.69) is 27.9 Å². The highest BCUT2D eigenvalue weighted by atomic mass is 35.5. The number of aromatic amines is 1. The monoisotopic (exact) mass is 466 g/mol. The summed E-state index contributed by atoms with van der Waals surface area (Å²) < 4.78 is 7.13. The van der Waals surface area contributed by atoms with Crippen molar-refractivity contribution in [2.45, 2.75) is 45.6 Å². The second-order valence-electron chi connectivity index (χ2n) is 8.25. The Bertz CT molecular complexity index is 1340. The molecule has 1 N–H and O–H groups in total. The van der Waals surface area contributed by atoms with Gasteiger partial charge in [-0.3, -0.25) is 9.78 Å². The molecule has 7 nitrogen and oxygen atoms in total. The molecule has 172 valence electrons. The molecule has 8 heteroatoms. The zero-order valence-electron chi connectivity index (χ0n) is 18.9. The van der Waals surface area contributed by atoms with Crippen molar-refractivity contribution >= 4 is 22.6 Å². The molecule has 0 fully saturated rings. The third kappa shape index (κ3) is 5.31. The summed E-state index contributed by atoms with van der Waals surface area (Å²) in [5.41, 5.74) is 4.13. The molecule has 0 radical (unpaired) electrons. The van der Waals surface area contributed by atoms with Crippen molar-refractivity contribution in [1.29, 1.82) is 0 Å². The maximum Gasteiger partial charge on any atom is 0.349 e. The van der Waals surface area contributed by atoms with Gasteiger partial charge in [-0.2, -0.15) is 4.98 Å². The van der Waals surface area contributed by atoms with E-state index in [-0.39, 0.29) is 5.69 Å². The van der Waals surface area contributed by atoms with Crippen molar-refractivity contribution in [1.82, 2.24) is 19.5 Å². The second-order valence-corrected chi connectivity index (χ2v) is 8.69. The fourth-order valence-corrected chi connectivity index (χ4v) is 4.26. The zero-order valence-corrected chi connectivity index (χ0v) is 19.6. The highest BCUT2D eigenvalue weighted by Crippen LogP contribution is 2.25. The van der Waals surface area contributed by atoms with Crippen LogP contribution in [0.25, 0.3) is 22.6 Å². The Kier molecular flexibility index (Phi) is 7.20. The number of hydrogen-bond acceptors (Lipinski definition) is 5. The molecule has 2 aliphatic heterocycles. The van der Waals surface area contributed by atoms with E-state index in [0.29, 0.717) is 17.4 Å². The summed E-state index contributed by atoms with van der Waals surface area (Å²) >= 11 is 5.99. The number of nitrogens with zero attached hydrogens (tertiary/aromatic N) is 3. The summed E-state index contributed by atoms with van der Waals surface area (Å²) in [6.45, 7) is 3.40. The number of H-pyrrole nitrogens is 1. The Hall–Kier alpha value is -3.03. The minimum atomic E-state index is -0.660. The van der Waals surface area contributed by atoms with Crippen LogP contribution < -0.4 is 11.2 Å². The molecule has 0 aliphatic carbocycles. The van der Waals surface area contributed by atoms with Crippen molar-refractivity contribution in [2.75, 3.05) is 13.7 Å². The average Bonchev–Trinajstić information content (AvgIpc) is 2.78. The van der Waals surface area contributed by atoms with E-state index in [1.54, 1.807) is 7.11 Å². The maximum absolute atomic E-state index is 12.5. The van der Waals surface area contributed by atoms with Gasteiger partial charge in [0, 0.05) is 25.3 Å². The normalized spacial score (nSPS) is 11.5. The number of fused-ring (bicyclic) bond motifs is 2. The summed E-state index contributed by atoms with van der Waals surface area (Å²) in [7, 11) is 1.71. The van der Waals surface area contributed by atoms with Gasteiger partial charge >= 0.3 is 5.69 Å². The highest BCUT2D eigenvalue weighted by molar-refractivity contribution is 6.30. The Balaban J connectivity index is 1.74. The number of ether oxygens (including phenoxy) is 1. The van der Waals surface area contributed by atoms with Crippen LogP contribution in [0.5, 0.6) is 0 Å². The number of unbranched alkanes of at least 4 members (excludes halogenated alkanes) is 1. The van der Waals surface area contributed by atoms with Crippen molar-refractivity contribution < 1.29 is 4.74 Å². The SMILES string of the molecule is COCCCCc1cc2c(cc1C)nc1c(=O)[nH]c(=O)nc-1n2CCCc1ccc(Cl)cc1. The Morgan fingerprint density at radius 3 is 2.58 bits per heavy atom. The van der Waals surface area contributed by atoms with Crippen molar-refractivity contribution in [3.63, 3.8) is 0 Å². The lowest BCUT2D eigenvalue weighted by Gasteiger charge is -2.18. The number of methoxy groups -OCH3 is 1. The standard InChI is InChI=1S/C25H27ClN4O3/c1-16-14-20-21(15-18(16)7-3-4-13-33-2)30(12-5-6-17-8-10-19(26)11-9-17)23-22(27-20)24(31)29-25(32)28-23/h8-11,14-15H,3-7,12-13H2,1-2H3,(H,29,31,32). The molecule has 2 aliphatic rings. The summed E-state index contributed by atoms with van der Waals surface area (Å²) in [5.74, 6) is 0.321. The number of nitrogens with one attached hydrogen (secondary N) is 1. The van der Waals surface area contributed by atoms with E-state index < -0.39 is 11.2 Å². The predicted octanol–water partition coefficient (Wildman–Crippen LogP) is 4.15. The number of aryl methyl sites for hydroxylation is 4. The summed E-state index contributed by atoms with van der Waals surface area (Å²) in [4.78, 5) is 35.4. The van der Waals surface area contributed by atoms with Crippen LogP contribution in [0.1, 0.15) is 36.0 Å². The Morgan fingerprint density at radius 1 is 1.03 bits per heavy atom. The van der Waals surface area contributed by atoms with Crippen LogP contribution in [0.15, 0.2) is 46.0 Å². The molecule has 0 bridgehead atoms. The van der Waals surface area contributed by atoms with Crippen LogP contribution in [-0.2, 0) is 24.1 Å². The van der Waals surface area contributed by atoms with Gasteiger partial charge in [-0.05, 0) is 80.0 Å². The highest BCUT2D eigenvalue weighted by Gasteiger charge is 2.19. The first-order chi connectivity index (χ1) is 16.0. The third-order valence-electron chi connectivity index (χ3n) is 5.87. The van der Waals surface area contributed by atoms with E-state index in [4.69, 9.17) is 16.3 Å². The summed E-state index contributed by atoms with van der Waals surface area (Å²) in [5, 5.41) is 0.707. The first kappa shape index (κ1) is 23.1. The van der Waals surface area contributed by atoms with Crippen LogP contribution in [0.2, 0.25) is 5.02 Å². The minimum absolute atomic E-state index is 0.181. The molecule has 2 heterocycles. The van der Waals surface area contributed by atoms with E-state index >= 15 is 0 Å². The lowest BCUT2D eigenvalue weighted by Crippen LogP contribution is -2.29. The summed E-state index contributed by atoms with van der Waals surface area (Å²) in [6, 6.07) is 11.9. The molecule has 0 amide bonds. The molecule has 4 rings (SSSR count). The number of halogens is 1. The molecular weight excluding hydrogens is 440 g/mol. The van der Waals surface area contributed by atoms with Gasteiger partial charge in [0.25, 0.3) is 5.56 Å². The van der Waals surface area contributed by atoms with E-state index in [1.165, 1.54) is 11.1 Å². The summed E-state index contributed by atoms with van der Waals surface area (Å²) in [6.07, 6.45) is 4.56. The van der Waals surface area contributed by atoms with Gasteiger partial charge in [-0.1, -0.05) is 23.7 Å². The van der Waals surface area contributed by atoms with Crippen LogP contribution in [0.3, 0.4) is 0 Å². The molecule has 33 heavy (non-hydrogen) atoms. The molecule has 0 unspecified atom stereocenters. The van der Waals surface area contributed by atoms with E-state index in [0.717, 1.165) is 55.3 Å². The number of hydrogen-bond donors (Lipinski definition) is 1. The van der Waals surface area contributed by atoms with Crippen molar-refractivity contribution in [3.05, 3.63) is 78.9 Å². The van der Waals surface area contributed by atoms with E-state index in [1.807, 2.05) is 34.9 Å². The molecule has 2 aromatic rings. The van der Waals surface area contributed by atoms with Crippen molar-refractivity contribution in [3.8, 4) is 11.5 Å². The largest absolute Gasteiger partial charge is 0.385 e. The number of rotatable bonds is 9. The molecule has 0 atom stereocenters. The quantitative estimate of drug-likeness (QED) is 0.295. The molecule has 0 spiro atoms. The van der Waals surface area contributed by atoms with Crippen LogP contribution >= 0.6 is 11.6 Å². The fourth-order valence-electron chi connectivity index (χ4n) is 4.14. The molecule has 2 aromatic carbocycles. The fraction of sp³-hybridized carbons (Fsp3) is 0.360. The predicted molar refractivity (Wildman–Crippen MR) is 130 cm³/mol. The van der Waals surface area contributed by atoms with Gasteiger partial charge in [0.1, 0.15) is 0 Å². The van der Waals surface area contributed by atoms with Gasteiger partial charge in [0.15, 0.2) is 11.5 Å².